The lowest BCUT2D eigenvalue weighted by molar-refractivity contribution is 0.0546. The van der Waals surface area contributed by atoms with Gasteiger partial charge in [0.25, 0.3) is 0 Å². The van der Waals surface area contributed by atoms with E-state index in [1.807, 2.05) is 0 Å². The standard InChI is InChI=1S/C14H29NO/c1-3-4-8-11-15(2)12-14(16)13-9-6-5-7-10-13/h13-14,16H,3-12H2,1-2H3. The molecule has 1 N–H and O–H groups in total. The maximum absolute atomic E-state index is 10.2. The number of hydrogen-bond donors (Lipinski definition) is 1. The van der Waals surface area contributed by atoms with E-state index in [9.17, 15) is 5.11 Å². The van der Waals surface area contributed by atoms with Gasteiger partial charge in [0.05, 0.1) is 6.10 Å². The summed E-state index contributed by atoms with van der Waals surface area (Å²) >= 11 is 0. The molecule has 1 aliphatic carbocycles. The van der Waals surface area contributed by atoms with Crippen molar-refractivity contribution < 1.29 is 5.11 Å². The quantitative estimate of drug-likeness (QED) is 0.676. The van der Waals surface area contributed by atoms with E-state index in [1.165, 1.54) is 51.4 Å². The molecule has 0 aliphatic heterocycles. The Labute approximate surface area is 101 Å². The van der Waals surface area contributed by atoms with Crippen molar-refractivity contribution in [1.82, 2.24) is 4.90 Å². The number of hydrogen-bond acceptors (Lipinski definition) is 2. The Hall–Kier alpha value is -0.0800. The molecule has 16 heavy (non-hydrogen) atoms. The molecular formula is C14H29NO. The molecule has 0 saturated heterocycles. The lowest BCUT2D eigenvalue weighted by Gasteiger charge is -2.29. The molecule has 0 aromatic heterocycles. The van der Waals surface area contributed by atoms with Gasteiger partial charge in [-0.25, -0.2) is 0 Å². The van der Waals surface area contributed by atoms with Crippen LogP contribution in [-0.4, -0.2) is 36.2 Å². The second kappa shape index (κ2) is 8.08. The summed E-state index contributed by atoms with van der Waals surface area (Å²) in [6, 6.07) is 0. The van der Waals surface area contributed by atoms with Crippen LogP contribution >= 0.6 is 0 Å². The highest BCUT2D eigenvalue weighted by Gasteiger charge is 2.22. The van der Waals surface area contributed by atoms with Crippen molar-refractivity contribution in [3.05, 3.63) is 0 Å². The first-order valence-corrected chi connectivity index (χ1v) is 7.10. The monoisotopic (exact) mass is 227 g/mol. The normalized spacial score (nSPS) is 20.2. The number of likely N-dealkylation sites (N-methyl/N-ethyl adjacent to an activating group) is 1. The Morgan fingerprint density at radius 2 is 1.88 bits per heavy atom. The van der Waals surface area contributed by atoms with Gasteiger partial charge in [0.2, 0.25) is 0 Å². The Kier molecular flexibility index (Phi) is 7.06. The lowest BCUT2D eigenvalue weighted by atomic mass is 9.85. The van der Waals surface area contributed by atoms with E-state index in [1.54, 1.807) is 0 Å². The minimum Gasteiger partial charge on any atom is -0.392 e. The first kappa shape index (κ1) is 14.0. The van der Waals surface area contributed by atoms with Crippen molar-refractivity contribution in [2.24, 2.45) is 5.92 Å². The summed E-state index contributed by atoms with van der Waals surface area (Å²) < 4.78 is 0. The van der Waals surface area contributed by atoms with Crippen molar-refractivity contribution in [2.45, 2.75) is 64.4 Å². The molecular weight excluding hydrogens is 198 g/mol. The van der Waals surface area contributed by atoms with Crippen molar-refractivity contribution in [1.29, 1.82) is 0 Å². The second-order valence-electron chi connectivity index (χ2n) is 5.43. The van der Waals surface area contributed by atoms with E-state index in [4.69, 9.17) is 0 Å². The molecule has 1 saturated carbocycles. The van der Waals surface area contributed by atoms with Crippen LogP contribution in [-0.2, 0) is 0 Å². The molecule has 0 amide bonds. The van der Waals surface area contributed by atoms with Gasteiger partial charge >= 0.3 is 0 Å². The van der Waals surface area contributed by atoms with Crippen molar-refractivity contribution in [2.75, 3.05) is 20.1 Å². The summed E-state index contributed by atoms with van der Waals surface area (Å²) in [7, 11) is 2.14. The van der Waals surface area contributed by atoms with E-state index in [0.29, 0.717) is 5.92 Å². The highest BCUT2D eigenvalue weighted by Crippen LogP contribution is 2.26. The smallest absolute Gasteiger partial charge is 0.0695 e. The first-order valence-electron chi connectivity index (χ1n) is 7.10. The molecule has 1 aliphatic rings. The van der Waals surface area contributed by atoms with Gasteiger partial charge in [-0.1, -0.05) is 39.0 Å². The highest BCUT2D eigenvalue weighted by atomic mass is 16.3. The number of rotatable bonds is 7. The van der Waals surface area contributed by atoms with Gasteiger partial charge in [-0.3, -0.25) is 0 Å². The van der Waals surface area contributed by atoms with Crippen LogP contribution in [0.1, 0.15) is 58.3 Å². The van der Waals surface area contributed by atoms with Crippen LogP contribution in [0.5, 0.6) is 0 Å². The average molecular weight is 227 g/mol. The fourth-order valence-electron chi connectivity index (χ4n) is 2.71. The van der Waals surface area contributed by atoms with E-state index in [-0.39, 0.29) is 6.10 Å². The Morgan fingerprint density at radius 1 is 1.19 bits per heavy atom. The summed E-state index contributed by atoms with van der Waals surface area (Å²) in [6.45, 7) is 4.24. The molecule has 1 atom stereocenters. The van der Waals surface area contributed by atoms with Crippen LogP contribution in [0.2, 0.25) is 0 Å². The van der Waals surface area contributed by atoms with Crippen LogP contribution < -0.4 is 0 Å². The third kappa shape index (κ3) is 5.31. The van der Waals surface area contributed by atoms with Crippen molar-refractivity contribution >= 4 is 0 Å². The lowest BCUT2D eigenvalue weighted by Crippen LogP contribution is -2.35. The molecule has 0 bridgehead atoms. The fraction of sp³-hybridized carbons (Fsp3) is 1.00. The molecule has 0 spiro atoms. The van der Waals surface area contributed by atoms with Crippen LogP contribution in [0.15, 0.2) is 0 Å². The third-order valence-corrected chi connectivity index (χ3v) is 3.84. The molecule has 1 rings (SSSR count). The van der Waals surface area contributed by atoms with Crippen LogP contribution in [0.4, 0.5) is 0 Å². The summed E-state index contributed by atoms with van der Waals surface area (Å²) in [5, 5.41) is 10.2. The molecule has 96 valence electrons. The van der Waals surface area contributed by atoms with Crippen LogP contribution in [0.3, 0.4) is 0 Å². The van der Waals surface area contributed by atoms with Gasteiger partial charge in [0.1, 0.15) is 0 Å². The maximum atomic E-state index is 10.2. The first-order chi connectivity index (χ1) is 7.74. The van der Waals surface area contributed by atoms with E-state index in [0.717, 1.165) is 13.1 Å². The molecule has 0 aromatic rings. The third-order valence-electron chi connectivity index (χ3n) is 3.84. The van der Waals surface area contributed by atoms with Gasteiger partial charge in [-0.2, -0.15) is 0 Å². The Balaban J connectivity index is 2.13. The minimum absolute atomic E-state index is 0.0908. The minimum atomic E-state index is -0.0908. The molecule has 1 fully saturated rings. The molecule has 1 unspecified atom stereocenters. The number of aliphatic hydroxyl groups is 1. The van der Waals surface area contributed by atoms with Crippen LogP contribution in [0.25, 0.3) is 0 Å². The predicted molar refractivity (Wildman–Crippen MR) is 69.6 cm³/mol. The van der Waals surface area contributed by atoms with Crippen molar-refractivity contribution in [3.8, 4) is 0 Å². The second-order valence-corrected chi connectivity index (χ2v) is 5.43. The van der Waals surface area contributed by atoms with E-state index < -0.39 is 0 Å². The number of unbranched alkanes of at least 4 members (excludes halogenated alkanes) is 2. The average Bonchev–Trinajstić information content (AvgIpc) is 2.30. The largest absolute Gasteiger partial charge is 0.392 e. The van der Waals surface area contributed by atoms with Gasteiger partial charge < -0.3 is 10.0 Å². The van der Waals surface area contributed by atoms with Gasteiger partial charge in [-0.05, 0) is 38.8 Å². The van der Waals surface area contributed by atoms with Gasteiger partial charge in [0.15, 0.2) is 0 Å². The van der Waals surface area contributed by atoms with E-state index >= 15 is 0 Å². The SMILES string of the molecule is CCCCCN(C)CC(O)C1CCCCC1. The fourth-order valence-corrected chi connectivity index (χ4v) is 2.71. The molecule has 0 radical (unpaired) electrons. The maximum Gasteiger partial charge on any atom is 0.0695 e. The summed E-state index contributed by atoms with van der Waals surface area (Å²) in [6.07, 6.45) is 10.3. The zero-order valence-electron chi connectivity index (χ0n) is 11.1. The number of aliphatic hydroxyl groups excluding tert-OH is 1. The molecule has 2 heteroatoms. The molecule has 2 nitrogen and oxygen atoms in total. The summed E-state index contributed by atoms with van der Waals surface area (Å²) in [4.78, 5) is 2.30. The molecule has 0 heterocycles. The zero-order valence-corrected chi connectivity index (χ0v) is 11.1. The summed E-state index contributed by atoms with van der Waals surface area (Å²) in [5.41, 5.74) is 0. The van der Waals surface area contributed by atoms with E-state index in [2.05, 4.69) is 18.9 Å². The van der Waals surface area contributed by atoms with Crippen molar-refractivity contribution in [3.63, 3.8) is 0 Å². The highest BCUT2D eigenvalue weighted by molar-refractivity contribution is 4.75. The van der Waals surface area contributed by atoms with Gasteiger partial charge in [-0.15, -0.1) is 0 Å². The van der Waals surface area contributed by atoms with Crippen LogP contribution in [0, 0.1) is 5.92 Å². The topological polar surface area (TPSA) is 23.5 Å². The number of nitrogens with zero attached hydrogens (tertiary/aromatic N) is 1. The predicted octanol–water partition coefficient (Wildman–Crippen LogP) is 3.05. The Morgan fingerprint density at radius 3 is 2.50 bits per heavy atom. The molecule has 0 aromatic carbocycles. The summed E-state index contributed by atoms with van der Waals surface area (Å²) in [5.74, 6) is 0.572. The van der Waals surface area contributed by atoms with Gasteiger partial charge in [0, 0.05) is 6.54 Å². The zero-order chi connectivity index (χ0) is 11.8. The Bertz CT molecular complexity index is 166.